The summed E-state index contributed by atoms with van der Waals surface area (Å²) >= 11 is 0. The highest BCUT2D eigenvalue weighted by molar-refractivity contribution is 14.0. The summed E-state index contributed by atoms with van der Waals surface area (Å²) in [5, 5.41) is 15.3. The predicted octanol–water partition coefficient (Wildman–Crippen LogP) is 2.74. The fourth-order valence-corrected chi connectivity index (χ4v) is 2.82. The molecule has 150 valence electrons. The zero-order valence-corrected chi connectivity index (χ0v) is 18.8. The molecule has 0 unspecified atom stereocenters. The number of hydrogen-bond acceptors (Lipinski definition) is 4. The number of aromatic nitrogens is 3. The van der Waals surface area contributed by atoms with Crippen LogP contribution in [0.4, 0.5) is 0 Å². The van der Waals surface area contributed by atoms with E-state index in [-0.39, 0.29) is 24.0 Å². The van der Waals surface area contributed by atoms with E-state index >= 15 is 0 Å². The van der Waals surface area contributed by atoms with E-state index in [4.69, 9.17) is 4.74 Å². The first kappa shape index (κ1) is 23.1. The van der Waals surface area contributed by atoms with Crippen molar-refractivity contribution in [1.82, 2.24) is 25.4 Å². The van der Waals surface area contributed by atoms with Crippen molar-refractivity contribution in [3.63, 3.8) is 0 Å². The van der Waals surface area contributed by atoms with Gasteiger partial charge >= 0.3 is 0 Å². The number of ether oxygens (including phenoxy) is 1. The van der Waals surface area contributed by atoms with Crippen LogP contribution in [0.5, 0.6) is 0 Å². The van der Waals surface area contributed by atoms with Crippen molar-refractivity contribution in [1.29, 1.82) is 0 Å². The average molecular weight is 478 g/mol. The minimum absolute atomic E-state index is 0. The lowest BCUT2D eigenvalue weighted by Crippen LogP contribution is -2.39. The van der Waals surface area contributed by atoms with Crippen molar-refractivity contribution in [2.75, 3.05) is 26.3 Å². The Hall–Kier alpha value is -0.900. The lowest BCUT2D eigenvalue weighted by atomic mass is 10.1. The third-order valence-electron chi connectivity index (χ3n) is 4.29. The van der Waals surface area contributed by atoms with Gasteiger partial charge in [0.2, 0.25) is 0 Å². The molecule has 0 amide bonds. The molecule has 0 spiro atoms. The summed E-state index contributed by atoms with van der Waals surface area (Å²) in [6, 6.07) is 0. The molecule has 1 aliphatic rings. The predicted molar refractivity (Wildman–Crippen MR) is 116 cm³/mol. The van der Waals surface area contributed by atoms with Gasteiger partial charge in [-0.1, -0.05) is 20.3 Å². The molecule has 0 bridgehead atoms. The highest BCUT2D eigenvalue weighted by Gasteiger charge is 2.14. The van der Waals surface area contributed by atoms with Gasteiger partial charge in [-0.2, -0.15) is 0 Å². The summed E-state index contributed by atoms with van der Waals surface area (Å²) in [6.45, 7) is 11.2. The number of aliphatic imine (C=N–C) groups is 1. The van der Waals surface area contributed by atoms with Crippen molar-refractivity contribution in [3.8, 4) is 0 Å². The van der Waals surface area contributed by atoms with Crippen LogP contribution in [0.15, 0.2) is 4.99 Å². The van der Waals surface area contributed by atoms with Crippen molar-refractivity contribution in [3.05, 3.63) is 11.6 Å². The molecule has 0 atom stereocenters. The van der Waals surface area contributed by atoms with Gasteiger partial charge in [-0.3, -0.25) is 0 Å². The third-order valence-corrected chi connectivity index (χ3v) is 4.29. The summed E-state index contributed by atoms with van der Waals surface area (Å²) in [7, 11) is 0. The maximum absolute atomic E-state index is 5.64. The molecule has 2 rings (SSSR count). The molecule has 26 heavy (non-hydrogen) atoms. The summed E-state index contributed by atoms with van der Waals surface area (Å²) in [5.74, 6) is 3.56. The van der Waals surface area contributed by atoms with Crippen LogP contribution in [-0.4, -0.2) is 47.0 Å². The van der Waals surface area contributed by atoms with Crippen LogP contribution >= 0.6 is 24.0 Å². The van der Waals surface area contributed by atoms with Gasteiger partial charge in [-0.15, -0.1) is 34.2 Å². The molecular formula is C18H35IN6O. The van der Waals surface area contributed by atoms with Crippen molar-refractivity contribution in [2.45, 2.75) is 66.0 Å². The Morgan fingerprint density at radius 3 is 2.81 bits per heavy atom. The van der Waals surface area contributed by atoms with Gasteiger partial charge in [0.1, 0.15) is 12.4 Å². The minimum Gasteiger partial charge on any atom is -0.380 e. The number of hydrogen-bond donors (Lipinski definition) is 2. The van der Waals surface area contributed by atoms with Crippen LogP contribution in [-0.2, 0) is 24.2 Å². The van der Waals surface area contributed by atoms with Crippen molar-refractivity contribution < 1.29 is 4.74 Å². The first-order valence-corrected chi connectivity index (χ1v) is 9.71. The zero-order valence-electron chi connectivity index (χ0n) is 16.5. The number of fused-ring (bicyclic) bond motifs is 1. The van der Waals surface area contributed by atoms with E-state index in [1.54, 1.807) is 0 Å². The van der Waals surface area contributed by atoms with Crippen LogP contribution < -0.4 is 10.6 Å². The maximum atomic E-state index is 5.64. The summed E-state index contributed by atoms with van der Waals surface area (Å²) in [6.07, 6.45) is 5.82. The SMILES string of the molecule is CCNC(=NCc1nnc2n1CCCCC2)NCCOCCC(C)C.I. The largest absolute Gasteiger partial charge is 0.380 e. The van der Waals surface area contributed by atoms with Crippen LogP contribution in [0.3, 0.4) is 0 Å². The Morgan fingerprint density at radius 1 is 1.19 bits per heavy atom. The molecule has 7 nitrogen and oxygen atoms in total. The van der Waals surface area contributed by atoms with E-state index in [1.807, 2.05) is 0 Å². The van der Waals surface area contributed by atoms with E-state index < -0.39 is 0 Å². The standard InChI is InChI=1S/C18H34N6O.HI/c1-4-19-18(20-10-13-25-12-9-15(2)3)21-14-17-23-22-16-8-6-5-7-11-24(16)17;/h15H,4-14H2,1-3H3,(H2,19,20,21);1H. The molecule has 0 saturated carbocycles. The second kappa shape index (κ2) is 13.3. The lowest BCUT2D eigenvalue weighted by molar-refractivity contribution is 0.128. The minimum atomic E-state index is 0. The highest BCUT2D eigenvalue weighted by atomic mass is 127. The lowest BCUT2D eigenvalue weighted by Gasteiger charge is -2.12. The number of rotatable bonds is 9. The first-order chi connectivity index (χ1) is 12.2. The van der Waals surface area contributed by atoms with E-state index in [1.165, 1.54) is 19.3 Å². The fraction of sp³-hybridized carbons (Fsp3) is 0.833. The fourth-order valence-electron chi connectivity index (χ4n) is 2.82. The van der Waals surface area contributed by atoms with Crippen LogP contribution in [0.2, 0.25) is 0 Å². The number of halogens is 1. The first-order valence-electron chi connectivity index (χ1n) is 9.71. The highest BCUT2D eigenvalue weighted by Crippen LogP contribution is 2.14. The topological polar surface area (TPSA) is 76.4 Å². The molecule has 1 aromatic heterocycles. The quantitative estimate of drug-likeness (QED) is 0.247. The van der Waals surface area contributed by atoms with Gasteiger partial charge in [0.15, 0.2) is 11.8 Å². The van der Waals surface area contributed by atoms with Crippen LogP contribution in [0.25, 0.3) is 0 Å². The molecular weight excluding hydrogens is 443 g/mol. The second-order valence-corrected chi connectivity index (χ2v) is 6.91. The van der Waals surface area contributed by atoms with Crippen molar-refractivity contribution in [2.24, 2.45) is 10.9 Å². The summed E-state index contributed by atoms with van der Waals surface area (Å²) in [5.41, 5.74) is 0. The Balaban J connectivity index is 0.00000338. The normalized spacial score (nSPS) is 14.5. The maximum Gasteiger partial charge on any atom is 0.191 e. The molecule has 8 heteroatoms. The monoisotopic (exact) mass is 478 g/mol. The molecule has 0 radical (unpaired) electrons. The number of nitrogens with zero attached hydrogens (tertiary/aromatic N) is 4. The second-order valence-electron chi connectivity index (χ2n) is 6.91. The Bertz CT molecular complexity index is 532. The van der Waals surface area contributed by atoms with Gasteiger partial charge in [0.25, 0.3) is 0 Å². The van der Waals surface area contributed by atoms with Gasteiger partial charge in [-0.25, -0.2) is 4.99 Å². The Kier molecular flexibility index (Phi) is 11.8. The van der Waals surface area contributed by atoms with Crippen LogP contribution in [0.1, 0.15) is 58.1 Å². The Morgan fingerprint density at radius 2 is 2.04 bits per heavy atom. The molecule has 2 heterocycles. The molecule has 0 saturated heterocycles. The molecule has 0 aliphatic carbocycles. The van der Waals surface area contributed by atoms with Gasteiger partial charge in [-0.05, 0) is 32.1 Å². The van der Waals surface area contributed by atoms with E-state index in [9.17, 15) is 0 Å². The molecule has 0 fully saturated rings. The van der Waals surface area contributed by atoms with Gasteiger partial charge < -0.3 is 19.9 Å². The van der Waals surface area contributed by atoms with E-state index in [0.717, 1.165) is 56.7 Å². The van der Waals surface area contributed by atoms with E-state index in [2.05, 4.69) is 51.2 Å². The third kappa shape index (κ3) is 8.20. The molecule has 0 aromatic carbocycles. The molecule has 2 N–H and O–H groups in total. The van der Waals surface area contributed by atoms with E-state index in [0.29, 0.717) is 19.1 Å². The summed E-state index contributed by atoms with van der Waals surface area (Å²) < 4.78 is 7.89. The number of aryl methyl sites for hydroxylation is 1. The van der Waals surface area contributed by atoms with Crippen molar-refractivity contribution >= 4 is 29.9 Å². The molecule has 1 aromatic rings. The Labute approximate surface area is 174 Å². The number of nitrogens with one attached hydrogen (secondary N) is 2. The molecule has 1 aliphatic heterocycles. The average Bonchev–Trinajstić information content (AvgIpc) is 2.82. The zero-order chi connectivity index (χ0) is 17.9. The van der Waals surface area contributed by atoms with Gasteiger partial charge in [0, 0.05) is 32.7 Å². The summed E-state index contributed by atoms with van der Waals surface area (Å²) in [4.78, 5) is 4.66. The van der Waals surface area contributed by atoms with Crippen LogP contribution in [0, 0.1) is 5.92 Å². The smallest absolute Gasteiger partial charge is 0.191 e. The van der Waals surface area contributed by atoms with Gasteiger partial charge in [0.05, 0.1) is 6.61 Å². The number of guanidine groups is 1.